The highest BCUT2D eigenvalue weighted by Crippen LogP contribution is 2.45. The Hall–Kier alpha value is -7.19. The molecule has 0 saturated heterocycles. The van der Waals surface area contributed by atoms with Crippen molar-refractivity contribution in [2.45, 2.75) is 0 Å². The van der Waals surface area contributed by atoms with Crippen molar-refractivity contribution in [2.24, 2.45) is 0 Å². The van der Waals surface area contributed by atoms with Crippen LogP contribution < -0.4 is 4.90 Å². The Morgan fingerprint density at radius 2 is 0.845 bits per heavy atom. The van der Waals surface area contributed by atoms with Gasteiger partial charge in [-0.1, -0.05) is 121 Å². The largest absolute Gasteiger partial charge is 0.456 e. The third-order valence-electron chi connectivity index (χ3n) is 10.9. The number of aromatic nitrogens is 3. The minimum absolute atomic E-state index is 0.597. The molecule has 0 bridgehead atoms. The Kier molecular flexibility index (Phi) is 7.51. The Balaban J connectivity index is 1.04. The van der Waals surface area contributed by atoms with E-state index in [2.05, 4.69) is 114 Å². The molecule has 0 saturated carbocycles. The van der Waals surface area contributed by atoms with Crippen LogP contribution in [0.1, 0.15) is 0 Å². The minimum Gasteiger partial charge on any atom is -0.456 e. The van der Waals surface area contributed by atoms with E-state index in [-0.39, 0.29) is 0 Å². The van der Waals surface area contributed by atoms with Crippen LogP contribution in [0.25, 0.3) is 96.4 Å². The van der Waals surface area contributed by atoms with E-state index in [1.807, 2.05) is 95.5 Å². The maximum Gasteiger partial charge on any atom is 0.164 e. The molecule has 12 rings (SSSR count). The molecular formula is C51H30N4OS2. The van der Waals surface area contributed by atoms with E-state index in [4.69, 9.17) is 19.4 Å². The van der Waals surface area contributed by atoms with E-state index in [0.717, 1.165) is 55.7 Å². The predicted molar refractivity (Wildman–Crippen MR) is 244 cm³/mol. The highest BCUT2D eigenvalue weighted by Gasteiger charge is 2.21. The zero-order valence-corrected chi connectivity index (χ0v) is 32.5. The van der Waals surface area contributed by atoms with Gasteiger partial charge in [0, 0.05) is 90.9 Å². The van der Waals surface area contributed by atoms with Crippen LogP contribution in [0.3, 0.4) is 0 Å². The average molecular weight is 779 g/mol. The monoisotopic (exact) mass is 778 g/mol. The van der Waals surface area contributed by atoms with Crippen LogP contribution in [-0.2, 0) is 0 Å². The number of anilines is 3. The van der Waals surface area contributed by atoms with E-state index in [0.29, 0.717) is 17.5 Å². The second-order valence-corrected chi connectivity index (χ2v) is 16.6. The Bertz CT molecular complexity index is 3360. The second-order valence-electron chi connectivity index (χ2n) is 14.4. The number of nitrogens with zero attached hydrogens (tertiary/aromatic N) is 4. The van der Waals surface area contributed by atoms with Crippen LogP contribution in [0.4, 0.5) is 17.1 Å². The normalized spacial score (nSPS) is 11.8. The van der Waals surface area contributed by atoms with Gasteiger partial charge in [0.2, 0.25) is 0 Å². The van der Waals surface area contributed by atoms with Gasteiger partial charge in [-0.05, 0) is 54.6 Å². The maximum atomic E-state index is 6.73. The quantitative estimate of drug-likeness (QED) is 0.168. The second kappa shape index (κ2) is 13.2. The summed E-state index contributed by atoms with van der Waals surface area (Å²) in [6.45, 7) is 0. The van der Waals surface area contributed by atoms with Crippen molar-refractivity contribution in [3.05, 3.63) is 182 Å². The third-order valence-corrected chi connectivity index (χ3v) is 13.2. The molecule has 0 spiro atoms. The molecule has 0 aliphatic carbocycles. The lowest BCUT2D eigenvalue weighted by atomic mass is 10.0. The van der Waals surface area contributed by atoms with Crippen LogP contribution in [0.15, 0.2) is 186 Å². The first-order valence-electron chi connectivity index (χ1n) is 19.2. The molecule has 0 N–H and O–H groups in total. The van der Waals surface area contributed by atoms with Crippen molar-refractivity contribution in [3.63, 3.8) is 0 Å². The fourth-order valence-electron chi connectivity index (χ4n) is 8.22. The average Bonchev–Trinajstić information content (AvgIpc) is 3.97. The van der Waals surface area contributed by atoms with Gasteiger partial charge in [-0.15, -0.1) is 22.7 Å². The minimum atomic E-state index is 0.597. The summed E-state index contributed by atoms with van der Waals surface area (Å²) in [6, 6.07) is 63.8. The van der Waals surface area contributed by atoms with Crippen molar-refractivity contribution in [2.75, 3.05) is 4.90 Å². The number of furan rings is 1. The lowest BCUT2D eigenvalue weighted by Gasteiger charge is -2.25. The summed E-state index contributed by atoms with van der Waals surface area (Å²) in [4.78, 5) is 17.4. The van der Waals surface area contributed by atoms with Gasteiger partial charge < -0.3 is 9.32 Å². The maximum absolute atomic E-state index is 6.73. The molecule has 7 heteroatoms. The SMILES string of the molecule is c1ccc(-c2nc(-c3ccccc3)nc(-c3cccc4oc5cc(N(c6ccc7c(c6)sc6ccccc67)c6ccc7c(c6)sc6ccccc67)ccc5c34)n2)cc1. The molecule has 0 amide bonds. The van der Waals surface area contributed by atoms with E-state index >= 15 is 0 Å². The predicted octanol–water partition coefficient (Wildman–Crippen LogP) is 15.0. The van der Waals surface area contributed by atoms with Crippen LogP contribution in [0.2, 0.25) is 0 Å². The van der Waals surface area contributed by atoms with Crippen molar-refractivity contribution >= 4 is 102 Å². The first-order valence-corrected chi connectivity index (χ1v) is 20.8. The van der Waals surface area contributed by atoms with Gasteiger partial charge in [0.15, 0.2) is 17.5 Å². The van der Waals surface area contributed by atoms with Gasteiger partial charge in [-0.2, -0.15) is 0 Å². The number of thiophene rings is 2. The first-order chi connectivity index (χ1) is 28.7. The van der Waals surface area contributed by atoms with Gasteiger partial charge in [-0.3, -0.25) is 0 Å². The molecule has 5 nitrogen and oxygen atoms in total. The number of fused-ring (bicyclic) bond motifs is 9. The lowest BCUT2D eigenvalue weighted by molar-refractivity contribution is 0.669. The van der Waals surface area contributed by atoms with Crippen molar-refractivity contribution in [1.82, 2.24) is 15.0 Å². The molecule has 0 aliphatic heterocycles. The van der Waals surface area contributed by atoms with E-state index in [1.165, 1.54) is 40.3 Å². The van der Waals surface area contributed by atoms with Crippen LogP contribution >= 0.6 is 22.7 Å². The molecule has 4 aromatic heterocycles. The summed E-state index contributed by atoms with van der Waals surface area (Å²) in [7, 11) is 0. The van der Waals surface area contributed by atoms with Crippen molar-refractivity contribution in [3.8, 4) is 34.2 Å². The topological polar surface area (TPSA) is 55.1 Å². The van der Waals surface area contributed by atoms with Gasteiger partial charge in [0.05, 0.1) is 0 Å². The fraction of sp³-hybridized carbons (Fsp3) is 0. The van der Waals surface area contributed by atoms with Crippen molar-refractivity contribution < 1.29 is 4.42 Å². The number of hydrogen-bond donors (Lipinski definition) is 0. The Morgan fingerprint density at radius 1 is 0.362 bits per heavy atom. The van der Waals surface area contributed by atoms with Crippen LogP contribution in [0, 0.1) is 0 Å². The molecule has 0 aliphatic rings. The molecule has 12 aromatic rings. The molecule has 8 aromatic carbocycles. The molecule has 0 radical (unpaired) electrons. The Labute approximate surface area is 340 Å². The zero-order chi connectivity index (χ0) is 38.2. The van der Waals surface area contributed by atoms with E-state index in [1.54, 1.807) is 0 Å². The molecule has 58 heavy (non-hydrogen) atoms. The van der Waals surface area contributed by atoms with Gasteiger partial charge >= 0.3 is 0 Å². The number of hydrogen-bond acceptors (Lipinski definition) is 7. The van der Waals surface area contributed by atoms with E-state index < -0.39 is 0 Å². The summed E-state index contributed by atoms with van der Waals surface area (Å²) in [5.41, 5.74) is 7.49. The van der Waals surface area contributed by atoms with Gasteiger partial charge in [-0.25, -0.2) is 15.0 Å². The summed E-state index contributed by atoms with van der Waals surface area (Å²) in [6.07, 6.45) is 0. The highest BCUT2D eigenvalue weighted by molar-refractivity contribution is 7.26. The number of rotatable bonds is 6. The zero-order valence-electron chi connectivity index (χ0n) is 30.8. The molecule has 0 atom stereocenters. The molecule has 0 fully saturated rings. The highest BCUT2D eigenvalue weighted by atomic mass is 32.1. The van der Waals surface area contributed by atoms with Crippen LogP contribution in [0.5, 0.6) is 0 Å². The number of benzene rings is 8. The molecule has 272 valence electrons. The van der Waals surface area contributed by atoms with Crippen LogP contribution in [-0.4, -0.2) is 15.0 Å². The first kappa shape index (κ1) is 33.0. The summed E-state index contributed by atoms with van der Waals surface area (Å²) < 4.78 is 11.8. The fourth-order valence-corrected chi connectivity index (χ4v) is 10.5. The standard InChI is InChI=1S/C51H30N4OS2/c1-3-12-31(13-4-1)49-52-50(32-14-5-2-6-15-32)54-51(53-49)41-18-11-19-42-48(41)40-27-24-33(28-43(40)56-42)55(34-22-25-38-36-16-7-9-20-44(36)57-46(38)29-34)35-23-26-39-37-17-8-10-21-45(37)58-47(39)30-35/h1-30H. The molecule has 0 unspecified atom stereocenters. The molecular weight excluding hydrogens is 749 g/mol. The summed E-state index contributed by atoms with van der Waals surface area (Å²) in [5, 5.41) is 7.09. The van der Waals surface area contributed by atoms with E-state index in [9.17, 15) is 0 Å². The lowest BCUT2D eigenvalue weighted by Crippen LogP contribution is -2.09. The van der Waals surface area contributed by atoms with Crippen molar-refractivity contribution in [1.29, 1.82) is 0 Å². The third kappa shape index (κ3) is 5.39. The van der Waals surface area contributed by atoms with Gasteiger partial charge in [0.25, 0.3) is 0 Å². The smallest absolute Gasteiger partial charge is 0.164 e. The molecule has 4 heterocycles. The Morgan fingerprint density at radius 3 is 1.43 bits per heavy atom. The van der Waals surface area contributed by atoms with Gasteiger partial charge in [0.1, 0.15) is 11.2 Å². The summed E-state index contributed by atoms with van der Waals surface area (Å²) >= 11 is 3.67. The summed E-state index contributed by atoms with van der Waals surface area (Å²) in [5.74, 6) is 1.84.